The molecule has 0 spiro atoms. The highest BCUT2D eigenvalue weighted by Crippen LogP contribution is 2.66. The van der Waals surface area contributed by atoms with E-state index in [0.717, 1.165) is 32.3 Å². The topological polar surface area (TPSA) is 42.0 Å². The number of rotatable bonds is 1. The monoisotopic (exact) mass is 322 g/mol. The minimum atomic E-state index is -0.153. The minimum absolute atomic E-state index is 0.0225. The molecule has 0 bridgehead atoms. The molecular weight excluding hydrogens is 288 g/mol. The quantitative estimate of drug-likeness (QED) is 0.744. The molecule has 4 rings (SSSR count). The number of hydrogen-bond acceptors (Lipinski definition) is 3. The number of aliphatic hydroxyl groups excluding tert-OH is 1. The lowest BCUT2D eigenvalue weighted by molar-refractivity contribution is -0.276. The van der Waals surface area contributed by atoms with Crippen molar-refractivity contribution in [3.8, 4) is 0 Å². The largest absolute Gasteiger partial charge is 0.393 e. The van der Waals surface area contributed by atoms with Crippen LogP contribution < -0.4 is 0 Å². The molecule has 2 aliphatic carbocycles. The molecule has 2 saturated heterocycles. The highest BCUT2D eigenvalue weighted by atomic mass is 16.6. The van der Waals surface area contributed by atoms with E-state index in [1.807, 2.05) is 0 Å². The first-order valence-electron chi connectivity index (χ1n) is 9.62. The molecule has 1 N–H and O–H groups in total. The van der Waals surface area contributed by atoms with E-state index in [1.165, 1.54) is 12.8 Å². The van der Waals surface area contributed by atoms with Crippen molar-refractivity contribution >= 4 is 0 Å². The van der Waals surface area contributed by atoms with Crippen LogP contribution >= 0.6 is 0 Å². The lowest BCUT2D eigenvalue weighted by atomic mass is 9.44. The molecule has 4 aliphatic rings. The number of hydrogen-bond donors (Lipinski definition) is 1. The smallest absolute Gasteiger partial charge is 0.110 e. The van der Waals surface area contributed by atoms with Crippen LogP contribution in [0.4, 0.5) is 0 Å². The van der Waals surface area contributed by atoms with Crippen LogP contribution in [0.25, 0.3) is 0 Å². The SMILES string of the molecule is CC1(C)[C@H](O)CC[C@]2(C)[C@@H]1CC[C@]1(C)O[C@@](C)([C@H]3CO3)CC[C@H]21. The first-order chi connectivity index (χ1) is 10.6. The van der Waals surface area contributed by atoms with Crippen LogP contribution in [-0.2, 0) is 9.47 Å². The van der Waals surface area contributed by atoms with E-state index in [2.05, 4.69) is 34.6 Å². The zero-order valence-electron chi connectivity index (χ0n) is 15.5. The molecule has 2 heterocycles. The Morgan fingerprint density at radius 1 is 0.826 bits per heavy atom. The van der Waals surface area contributed by atoms with Crippen LogP contribution in [0.2, 0.25) is 0 Å². The summed E-state index contributed by atoms with van der Waals surface area (Å²) in [6.45, 7) is 12.6. The fourth-order valence-electron chi connectivity index (χ4n) is 6.90. The molecule has 0 radical (unpaired) electrons. The molecule has 0 aromatic rings. The van der Waals surface area contributed by atoms with E-state index in [9.17, 15) is 5.11 Å². The van der Waals surface area contributed by atoms with E-state index in [4.69, 9.17) is 9.47 Å². The zero-order chi connectivity index (χ0) is 16.7. The van der Waals surface area contributed by atoms with E-state index in [0.29, 0.717) is 23.4 Å². The average Bonchev–Trinajstić information content (AvgIpc) is 3.27. The van der Waals surface area contributed by atoms with E-state index in [-0.39, 0.29) is 22.7 Å². The molecule has 0 aromatic heterocycles. The van der Waals surface area contributed by atoms with Gasteiger partial charge in [0.15, 0.2) is 0 Å². The Morgan fingerprint density at radius 3 is 2.09 bits per heavy atom. The Hall–Kier alpha value is -0.120. The second kappa shape index (κ2) is 4.74. The summed E-state index contributed by atoms with van der Waals surface area (Å²) < 4.78 is 12.4. The van der Waals surface area contributed by atoms with Crippen molar-refractivity contribution in [1.29, 1.82) is 0 Å². The third-order valence-electron chi connectivity index (χ3n) is 8.38. The summed E-state index contributed by atoms with van der Waals surface area (Å²) >= 11 is 0. The van der Waals surface area contributed by atoms with Crippen molar-refractivity contribution < 1.29 is 14.6 Å². The molecule has 132 valence electrons. The number of ether oxygens (including phenoxy) is 2. The van der Waals surface area contributed by atoms with E-state index in [1.54, 1.807) is 0 Å². The van der Waals surface area contributed by atoms with Crippen LogP contribution in [0.15, 0.2) is 0 Å². The molecule has 7 atom stereocenters. The van der Waals surface area contributed by atoms with Gasteiger partial charge in [-0.15, -0.1) is 0 Å². The number of epoxide rings is 1. The van der Waals surface area contributed by atoms with Crippen molar-refractivity contribution in [3.63, 3.8) is 0 Å². The predicted octanol–water partition coefficient (Wildman–Crippen LogP) is 3.93. The van der Waals surface area contributed by atoms with Crippen molar-refractivity contribution in [1.82, 2.24) is 0 Å². The van der Waals surface area contributed by atoms with Gasteiger partial charge in [-0.1, -0.05) is 20.8 Å². The molecule has 3 nitrogen and oxygen atoms in total. The Kier molecular flexibility index (Phi) is 3.37. The van der Waals surface area contributed by atoms with Gasteiger partial charge >= 0.3 is 0 Å². The summed E-state index contributed by atoms with van der Waals surface area (Å²) in [6.07, 6.45) is 6.90. The molecule has 23 heavy (non-hydrogen) atoms. The van der Waals surface area contributed by atoms with E-state index >= 15 is 0 Å². The summed E-state index contributed by atoms with van der Waals surface area (Å²) in [6, 6.07) is 0. The lowest BCUT2D eigenvalue weighted by Gasteiger charge is -2.66. The van der Waals surface area contributed by atoms with Crippen LogP contribution in [0, 0.1) is 22.7 Å². The Morgan fingerprint density at radius 2 is 1.43 bits per heavy atom. The molecule has 4 fully saturated rings. The normalized spacial score (nSPS) is 58.2. The van der Waals surface area contributed by atoms with Crippen molar-refractivity contribution in [3.05, 3.63) is 0 Å². The molecule has 0 unspecified atom stereocenters. The molecule has 3 heteroatoms. The van der Waals surface area contributed by atoms with Gasteiger partial charge in [0.25, 0.3) is 0 Å². The summed E-state index contributed by atoms with van der Waals surface area (Å²) in [4.78, 5) is 0. The standard InChI is InChI=1S/C20H34O3/c1-17(2)13-6-10-19(4)14(18(13,3)9-8-15(17)21)7-11-20(5,23-19)16-12-22-16/h13-16,21H,6-12H2,1-5H3/t13-,14-,15-,16-,18-,19+,20-/m1/s1. The zero-order valence-corrected chi connectivity index (χ0v) is 15.5. The summed E-state index contributed by atoms with van der Waals surface area (Å²) in [5.41, 5.74) is 0.205. The number of aliphatic hydroxyl groups is 1. The van der Waals surface area contributed by atoms with E-state index < -0.39 is 0 Å². The fourth-order valence-corrected chi connectivity index (χ4v) is 6.90. The molecular formula is C20H34O3. The van der Waals surface area contributed by atoms with Gasteiger partial charge in [0, 0.05) is 0 Å². The van der Waals surface area contributed by atoms with Crippen LogP contribution in [0.5, 0.6) is 0 Å². The van der Waals surface area contributed by atoms with Gasteiger partial charge in [0.05, 0.1) is 23.9 Å². The summed E-state index contributed by atoms with van der Waals surface area (Å²) in [5, 5.41) is 10.6. The van der Waals surface area contributed by atoms with Gasteiger partial charge in [-0.05, 0) is 75.0 Å². The highest BCUT2D eigenvalue weighted by molar-refractivity contribution is 5.13. The first kappa shape index (κ1) is 16.4. The van der Waals surface area contributed by atoms with Crippen molar-refractivity contribution in [2.75, 3.05) is 6.61 Å². The Bertz CT molecular complexity index is 499. The summed E-state index contributed by atoms with van der Waals surface area (Å²) in [5.74, 6) is 1.20. The molecule has 0 aromatic carbocycles. The van der Waals surface area contributed by atoms with Gasteiger partial charge in [0.2, 0.25) is 0 Å². The third-order valence-corrected chi connectivity index (χ3v) is 8.38. The minimum Gasteiger partial charge on any atom is -0.393 e. The highest BCUT2D eigenvalue weighted by Gasteiger charge is 2.64. The van der Waals surface area contributed by atoms with Crippen molar-refractivity contribution in [2.45, 2.75) is 96.6 Å². The van der Waals surface area contributed by atoms with Gasteiger partial charge in [-0.2, -0.15) is 0 Å². The maximum absolute atomic E-state index is 10.6. The average molecular weight is 322 g/mol. The Balaban J connectivity index is 1.65. The number of fused-ring (bicyclic) bond motifs is 3. The third kappa shape index (κ3) is 2.19. The second-order valence-electron chi connectivity index (χ2n) is 10.1. The fraction of sp³-hybridized carbons (Fsp3) is 1.00. The van der Waals surface area contributed by atoms with Gasteiger partial charge in [-0.3, -0.25) is 0 Å². The van der Waals surface area contributed by atoms with Gasteiger partial charge < -0.3 is 14.6 Å². The first-order valence-corrected chi connectivity index (χ1v) is 9.62. The summed E-state index contributed by atoms with van der Waals surface area (Å²) in [7, 11) is 0. The maximum atomic E-state index is 10.6. The molecule has 2 aliphatic heterocycles. The van der Waals surface area contributed by atoms with Gasteiger partial charge in [-0.25, -0.2) is 0 Å². The maximum Gasteiger partial charge on any atom is 0.110 e. The van der Waals surface area contributed by atoms with Crippen LogP contribution in [0.1, 0.15) is 73.1 Å². The Labute approximate surface area is 141 Å². The van der Waals surface area contributed by atoms with Crippen LogP contribution in [-0.4, -0.2) is 35.1 Å². The second-order valence-corrected chi connectivity index (χ2v) is 10.1. The lowest BCUT2D eigenvalue weighted by Crippen LogP contribution is -2.65. The molecule has 2 saturated carbocycles. The van der Waals surface area contributed by atoms with Crippen LogP contribution in [0.3, 0.4) is 0 Å². The molecule has 0 amide bonds. The predicted molar refractivity (Wildman–Crippen MR) is 90.2 cm³/mol. The van der Waals surface area contributed by atoms with Crippen molar-refractivity contribution in [2.24, 2.45) is 22.7 Å². The van der Waals surface area contributed by atoms with Gasteiger partial charge in [0.1, 0.15) is 6.10 Å².